The van der Waals surface area contributed by atoms with Gasteiger partial charge in [-0.2, -0.15) is 0 Å². The monoisotopic (exact) mass is 278 g/mol. The van der Waals surface area contributed by atoms with Gasteiger partial charge in [0.15, 0.2) is 0 Å². The Morgan fingerprint density at radius 2 is 2.25 bits per heavy atom. The molecular formula is C15H22N2O3. The van der Waals surface area contributed by atoms with Crippen LogP contribution >= 0.6 is 0 Å². The fourth-order valence-corrected chi connectivity index (χ4v) is 2.10. The molecule has 20 heavy (non-hydrogen) atoms. The normalized spacial score (nSPS) is 17.9. The van der Waals surface area contributed by atoms with Crippen LogP contribution in [0.15, 0.2) is 24.3 Å². The maximum atomic E-state index is 11.9. The molecule has 110 valence electrons. The van der Waals surface area contributed by atoms with Gasteiger partial charge in [-0.15, -0.1) is 0 Å². The van der Waals surface area contributed by atoms with Crippen molar-refractivity contribution in [2.24, 2.45) is 0 Å². The van der Waals surface area contributed by atoms with Gasteiger partial charge in [0.25, 0.3) is 0 Å². The van der Waals surface area contributed by atoms with E-state index in [0.717, 1.165) is 24.4 Å². The summed E-state index contributed by atoms with van der Waals surface area (Å²) in [6.07, 6.45) is 0. The topological polar surface area (TPSA) is 59.6 Å². The number of hydrogen-bond acceptors (Lipinski definition) is 4. The number of methoxy groups -OCH3 is 1. The van der Waals surface area contributed by atoms with E-state index in [1.807, 2.05) is 38.1 Å². The molecule has 2 rings (SSSR count). The van der Waals surface area contributed by atoms with Crippen molar-refractivity contribution >= 4 is 5.91 Å². The lowest BCUT2D eigenvalue weighted by molar-refractivity contribution is -0.136. The first-order valence-corrected chi connectivity index (χ1v) is 6.80. The third-order valence-corrected chi connectivity index (χ3v) is 3.52. The predicted molar refractivity (Wildman–Crippen MR) is 76.8 cm³/mol. The Labute approximate surface area is 119 Å². The van der Waals surface area contributed by atoms with Crippen LogP contribution in [-0.2, 0) is 9.53 Å². The molecule has 0 radical (unpaired) electrons. The first kappa shape index (κ1) is 14.8. The second-order valence-electron chi connectivity index (χ2n) is 5.41. The molecular weight excluding hydrogens is 256 g/mol. The second-order valence-corrected chi connectivity index (χ2v) is 5.41. The molecule has 1 aromatic carbocycles. The minimum Gasteiger partial charge on any atom is -0.497 e. The van der Waals surface area contributed by atoms with Crippen LogP contribution in [0.5, 0.6) is 5.75 Å². The van der Waals surface area contributed by atoms with E-state index in [2.05, 4.69) is 10.6 Å². The van der Waals surface area contributed by atoms with Crippen molar-refractivity contribution in [3.05, 3.63) is 29.8 Å². The van der Waals surface area contributed by atoms with E-state index < -0.39 is 0 Å². The summed E-state index contributed by atoms with van der Waals surface area (Å²) in [4.78, 5) is 11.9. The lowest BCUT2D eigenvalue weighted by Gasteiger charge is -2.38. The fraction of sp³-hybridized carbons (Fsp3) is 0.533. The highest BCUT2D eigenvalue weighted by Crippen LogP contribution is 2.19. The third kappa shape index (κ3) is 3.71. The lowest BCUT2D eigenvalue weighted by Crippen LogP contribution is -2.59. The fourth-order valence-electron chi connectivity index (χ4n) is 2.10. The Hall–Kier alpha value is -1.59. The number of nitrogens with one attached hydrogen (secondary N) is 2. The number of ether oxygens (including phenoxy) is 2. The number of amides is 1. The largest absolute Gasteiger partial charge is 0.497 e. The molecule has 1 heterocycles. The Balaban J connectivity index is 1.83. The van der Waals surface area contributed by atoms with Crippen LogP contribution in [0.4, 0.5) is 0 Å². The van der Waals surface area contributed by atoms with Crippen LogP contribution in [0, 0.1) is 0 Å². The zero-order valence-electron chi connectivity index (χ0n) is 12.2. The first-order valence-electron chi connectivity index (χ1n) is 6.80. The zero-order chi connectivity index (χ0) is 14.6. The molecule has 1 fully saturated rings. The molecule has 1 aliphatic heterocycles. The molecule has 0 saturated carbocycles. The van der Waals surface area contributed by atoms with Crippen molar-refractivity contribution in [2.45, 2.75) is 25.5 Å². The summed E-state index contributed by atoms with van der Waals surface area (Å²) in [5, 5.41) is 6.06. The Kier molecular flexibility index (Phi) is 4.62. The van der Waals surface area contributed by atoms with E-state index in [1.165, 1.54) is 0 Å². The van der Waals surface area contributed by atoms with Gasteiger partial charge in [0.05, 0.1) is 18.8 Å². The van der Waals surface area contributed by atoms with E-state index in [1.54, 1.807) is 7.11 Å². The van der Waals surface area contributed by atoms with Crippen molar-refractivity contribution in [1.29, 1.82) is 0 Å². The van der Waals surface area contributed by atoms with Crippen LogP contribution in [0.1, 0.15) is 25.5 Å². The smallest absolute Gasteiger partial charge is 0.246 e. The van der Waals surface area contributed by atoms with Gasteiger partial charge >= 0.3 is 0 Å². The predicted octanol–water partition coefficient (Wildman–Crippen LogP) is 1.25. The van der Waals surface area contributed by atoms with Crippen molar-refractivity contribution in [3.8, 4) is 5.75 Å². The molecule has 0 unspecified atom stereocenters. The number of rotatable bonds is 6. The highest BCUT2D eigenvalue weighted by molar-refractivity contribution is 5.77. The lowest BCUT2D eigenvalue weighted by atomic mass is 10.0. The van der Waals surface area contributed by atoms with E-state index in [9.17, 15) is 4.79 Å². The highest BCUT2D eigenvalue weighted by Gasteiger charge is 2.33. The molecule has 1 amide bonds. The summed E-state index contributed by atoms with van der Waals surface area (Å²) in [6.45, 7) is 5.63. The third-order valence-electron chi connectivity index (χ3n) is 3.52. The molecule has 1 atom stereocenters. The summed E-state index contributed by atoms with van der Waals surface area (Å²) in [5.41, 5.74) is 0.811. The van der Waals surface area contributed by atoms with Crippen molar-refractivity contribution < 1.29 is 14.3 Å². The molecule has 0 aliphatic carbocycles. The van der Waals surface area contributed by atoms with Crippen molar-refractivity contribution in [3.63, 3.8) is 0 Å². The highest BCUT2D eigenvalue weighted by atomic mass is 16.5. The molecule has 0 aromatic heterocycles. The maximum Gasteiger partial charge on any atom is 0.246 e. The van der Waals surface area contributed by atoms with E-state index >= 15 is 0 Å². The van der Waals surface area contributed by atoms with Gasteiger partial charge < -0.3 is 20.1 Å². The van der Waals surface area contributed by atoms with Crippen LogP contribution in [-0.4, -0.2) is 38.3 Å². The molecule has 0 spiro atoms. The van der Waals surface area contributed by atoms with Gasteiger partial charge in [-0.25, -0.2) is 0 Å². The van der Waals surface area contributed by atoms with Gasteiger partial charge in [0, 0.05) is 13.1 Å². The average molecular weight is 278 g/mol. The number of benzene rings is 1. The van der Waals surface area contributed by atoms with Crippen LogP contribution in [0.3, 0.4) is 0 Å². The molecule has 5 heteroatoms. The molecule has 2 N–H and O–H groups in total. The van der Waals surface area contributed by atoms with Crippen molar-refractivity contribution in [2.75, 3.05) is 26.8 Å². The minimum atomic E-state index is -0.198. The standard InChI is InChI=1S/C15H22N2O3/c1-11(12-5-4-6-13(7-12)19-3)17-14(18)8-20-15(2)9-16-10-15/h4-7,11,16H,8-10H2,1-3H3,(H,17,18)/t11-/m1/s1. The Morgan fingerprint density at radius 1 is 1.50 bits per heavy atom. The molecule has 1 saturated heterocycles. The molecule has 1 aromatic rings. The van der Waals surface area contributed by atoms with Crippen LogP contribution in [0.25, 0.3) is 0 Å². The molecule has 0 bridgehead atoms. The Morgan fingerprint density at radius 3 is 2.85 bits per heavy atom. The van der Waals surface area contributed by atoms with Gasteiger partial charge in [0.2, 0.25) is 5.91 Å². The maximum absolute atomic E-state index is 11.9. The zero-order valence-corrected chi connectivity index (χ0v) is 12.2. The van der Waals surface area contributed by atoms with Crippen LogP contribution < -0.4 is 15.4 Å². The van der Waals surface area contributed by atoms with E-state index in [4.69, 9.17) is 9.47 Å². The molecule has 1 aliphatic rings. The summed E-state index contributed by atoms with van der Waals surface area (Å²) < 4.78 is 10.8. The SMILES string of the molecule is COc1cccc([C@@H](C)NC(=O)COC2(C)CNC2)c1. The molecule has 5 nitrogen and oxygen atoms in total. The van der Waals surface area contributed by atoms with Gasteiger partial charge in [0.1, 0.15) is 12.4 Å². The van der Waals surface area contributed by atoms with Crippen LogP contribution in [0.2, 0.25) is 0 Å². The Bertz CT molecular complexity index is 472. The summed E-state index contributed by atoms with van der Waals surface area (Å²) >= 11 is 0. The van der Waals surface area contributed by atoms with Gasteiger partial charge in [-0.1, -0.05) is 12.1 Å². The summed E-state index contributed by atoms with van der Waals surface area (Å²) in [5.74, 6) is 0.682. The van der Waals surface area contributed by atoms with E-state index in [-0.39, 0.29) is 24.2 Å². The van der Waals surface area contributed by atoms with Crippen molar-refractivity contribution in [1.82, 2.24) is 10.6 Å². The number of hydrogen-bond donors (Lipinski definition) is 2. The average Bonchev–Trinajstić information content (AvgIpc) is 2.43. The van der Waals surface area contributed by atoms with E-state index in [0.29, 0.717) is 0 Å². The minimum absolute atomic E-state index is 0.0754. The number of carbonyl (C=O) groups is 1. The first-order chi connectivity index (χ1) is 9.52. The van der Waals surface area contributed by atoms with Gasteiger partial charge in [-0.3, -0.25) is 4.79 Å². The quantitative estimate of drug-likeness (QED) is 0.822. The summed E-state index contributed by atoms with van der Waals surface area (Å²) in [6, 6.07) is 7.60. The summed E-state index contributed by atoms with van der Waals surface area (Å²) in [7, 11) is 1.63. The second kappa shape index (κ2) is 6.24. The number of carbonyl (C=O) groups excluding carboxylic acids is 1. The van der Waals surface area contributed by atoms with Gasteiger partial charge in [-0.05, 0) is 31.5 Å².